The van der Waals surface area contributed by atoms with Gasteiger partial charge in [-0.25, -0.2) is 4.39 Å². The molecule has 0 aliphatic heterocycles. The topological polar surface area (TPSA) is 102 Å². The number of ether oxygens (including phenoxy) is 1. The third kappa shape index (κ3) is 3.37. The molecule has 0 amide bonds. The smallest absolute Gasteiger partial charge is 0.273 e. The van der Waals surface area contributed by atoms with Gasteiger partial charge in [-0.3, -0.25) is 16.0 Å². The molecule has 0 unspecified atom stereocenters. The summed E-state index contributed by atoms with van der Waals surface area (Å²) in [4.78, 5) is 10.3. The van der Waals surface area contributed by atoms with Crippen molar-refractivity contribution in [3.05, 3.63) is 52.3 Å². The highest BCUT2D eigenvalue weighted by Crippen LogP contribution is 2.28. The van der Waals surface area contributed by atoms with E-state index in [1.54, 1.807) is 6.07 Å². The lowest BCUT2D eigenvalue weighted by Crippen LogP contribution is -2.07. The Balaban J connectivity index is 2.34. The van der Waals surface area contributed by atoms with Gasteiger partial charge in [-0.05, 0) is 18.2 Å². The second kappa shape index (κ2) is 6.06. The molecule has 0 radical (unpaired) electrons. The monoisotopic (exact) mass is 292 g/mol. The van der Waals surface area contributed by atoms with Crippen molar-refractivity contribution in [3.63, 3.8) is 0 Å². The first-order chi connectivity index (χ1) is 10.0. The molecule has 110 valence electrons. The zero-order chi connectivity index (χ0) is 15.4. The van der Waals surface area contributed by atoms with E-state index in [4.69, 9.17) is 10.6 Å². The Hall–Kier alpha value is -2.87. The van der Waals surface area contributed by atoms with Gasteiger partial charge in [0.05, 0.1) is 17.7 Å². The van der Waals surface area contributed by atoms with Crippen LogP contribution in [0, 0.1) is 15.9 Å². The van der Waals surface area contributed by atoms with Crippen molar-refractivity contribution in [2.75, 3.05) is 17.9 Å². The second-order valence-corrected chi connectivity index (χ2v) is 4.14. The average Bonchev–Trinajstić information content (AvgIpc) is 2.48. The van der Waals surface area contributed by atoms with Gasteiger partial charge in [0, 0.05) is 29.6 Å². The molecule has 0 bridgehead atoms. The molecule has 0 atom stereocenters. The van der Waals surface area contributed by atoms with Gasteiger partial charge in [0.2, 0.25) is 0 Å². The van der Waals surface area contributed by atoms with Gasteiger partial charge >= 0.3 is 0 Å². The largest absolute Gasteiger partial charge is 0.494 e. The lowest BCUT2D eigenvalue weighted by atomic mass is 10.2. The van der Waals surface area contributed by atoms with Crippen molar-refractivity contribution < 1.29 is 14.1 Å². The summed E-state index contributed by atoms with van der Waals surface area (Å²) in [6, 6.07) is 8.41. The van der Waals surface area contributed by atoms with Crippen LogP contribution in [0.25, 0.3) is 0 Å². The maximum atomic E-state index is 13.3. The van der Waals surface area contributed by atoms with Gasteiger partial charge in [-0.15, -0.1) is 0 Å². The SMILES string of the molecule is COc1cc(Nc2cc(NN)cc([N+](=O)[O-])c2)ccc1F. The number of non-ortho nitro benzene ring substituents is 1. The van der Waals surface area contributed by atoms with Crippen LogP contribution < -0.4 is 21.3 Å². The Kier molecular flexibility index (Phi) is 4.19. The highest BCUT2D eigenvalue weighted by Gasteiger charge is 2.10. The van der Waals surface area contributed by atoms with Crippen molar-refractivity contribution in [1.82, 2.24) is 0 Å². The lowest BCUT2D eigenvalue weighted by molar-refractivity contribution is -0.384. The van der Waals surface area contributed by atoms with Crippen molar-refractivity contribution in [3.8, 4) is 5.75 Å². The molecule has 2 aromatic rings. The third-order valence-corrected chi connectivity index (χ3v) is 2.74. The number of nitrogen functional groups attached to an aromatic ring is 1. The number of rotatable bonds is 5. The van der Waals surface area contributed by atoms with Crippen molar-refractivity contribution in [2.24, 2.45) is 5.84 Å². The molecule has 7 nitrogen and oxygen atoms in total. The number of anilines is 3. The molecular formula is C13H13FN4O3. The van der Waals surface area contributed by atoms with Crippen molar-refractivity contribution >= 4 is 22.7 Å². The van der Waals surface area contributed by atoms with Gasteiger partial charge in [0.15, 0.2) is 11.6 Å². The van der Waals surface area contributed by atoms with Crippen LogP contribution in [0.5, 0.6) is 5.75 Å². The van der Waals surface area contributed by atoms with E-state index in [-0.39, 0.29) is 11.4 Å². The summed E-state index contributed by atoms with van der Waals surface area (Å²) in [5.74, 6) is 4.85. The van der Waals surface area contributed by atoms with Crippen LogP contribution in [-0.2, 0) is 0 Å². The summed E-state index contributed by atoms with van der Waals surface area (Å²) in [5, 5.41) is 13.8. The fourth-order valence-corrected chi connectivity index (χ4v) is 1.78. The summed E-state index contributed by atoms with van der Waals surface area (Å²) in [7, 11) is 1.35. The van der Waals surface area contributed by atoms with E-state index in [0.29, 0.717) is 17.1 Å². The summed E-state index contributed by atoms with van der Waals surface area (Å²) in [6.45, 7) is 0. The fraction of sp³-hybridized carbons (Fsp3) is 0.0769. The van der Waals surface area contributed by atoms with Gasteiger partial charge in [0.25, 0.3) is 5.69 Å². The highest BCUT2D eigenvalue weighted by molar-refractivity contribution is 5.69. The van der Waals surface area contributed by atoms with Crippen LogP contribution >= 0.6 is 0 Å². The molecule has 0 saturated heterocycles. The number of hydrazine groups is 1. The molecule has 4 N–H and O–H groups in total. The number of halogens is 1. The molecule has 21 heavy (non-hydrogen) atoms. The minimum Gasteiger partial charge on any atom is -0.494 e. The molecule has 2 aromatic carbocycles. The summed E-state index contributed by atoms with van der Waals surface area (Å²) in [5.41, 5.74) is 3.56. The van der Waals surface area contributed by atoms with Gasteiger partial charge in [-0.1, -0.05) is 0 Å². The highest BCUT2D eigenvalue weighted by atomic mass is 19.1. The standard InChI is InChI=1S/C13H13FN4O3/c1-21-13-7-8(2-3-12(13)14)16-9-4-10(17-15)6-11(5-9)18(19)20/h2-7,16-17H,15H2,1H3. The predicted octanol–water partition coefficient (Wildman–Crippen LogP) is 2.77. The quantitative estimate of drug-likeness (QED) is 0.445. The molecule has 0 spiro atoms. The molecule has 0 aliphatic carbocycles. The molecule has 0 aromatic heterocycles. The van der Waals surface area contributed by atoms with Crippen LogP contribution in [-0.4, -0.2) is 12.0 Å². The maximum absolute atomic E-state index is 13.3. The molecule has 0 heterocycles. The Morgan fingerprint density at radius 3 is 2.52 bits per heavy atom. The molecule has 2 rings (SSSR count). The van der Waals surface area contributed by atoms with E-state index in [2.05, 4.69) is 10.7 Å². The molecule has 8 heteroatoms. The van der Waals surface area contributed by atoms with Gasteiger partial charge in [-0.2, -0.15) is 0 Å². The molecular weight excluding hydrogens is 279 g/mol. The van der Waals surface area contributed by atoms with Crippen LogP contribution in [0.1, 0.15) is 0 Å². The Labute approximate surface area is 119 Å². The molecule has 0 aliphatic rings. The number of methoxy groups -OCH3 is 1. The zero-order valence-corrected chi connectivity index (χ0v) is 11.1. The van der Waals surface area contributed by atoms with E-state index in [0.717, 1.165) is 0 Å². The van der Waals surface area contributed by atoms with Crippen LogP contribution in [0.3, 0.4) is 0 Å². The minimum absolute atomic E-state index is 0.0719. The van der Waals surface area contributed by atoms with Gasteiger partial charge in [0.1, 0.15) is 0 Å². The van der Waals surface area contributed by atoms with Crippen LogP contribution in [0.2, 0.25) is 0 Å². The number of nitro groups is 1. The molecule has 0 fully saturated rings. The number of nitrogens with zero attached hydrogens (tertiary/aromatic N) is 1. The first kappa shape index (κ1) is 14.5. The molecule has 0 saturated carbocycles. The number of hydrogen-bond donors (Lipinski definition) is 3. The van der Waals surface area contributed by atoms with E-state index >= 15 is 0 Å². The number of benzene rings is 2. The number of nitrogens with one attached hydrogen (secondary N) is 2. The van der Waals surface area contributed by atoms with Crippen molar-refractivity contribution in [2.45, 2.75) is 0 Å². The normalized spacial score (nSPS) is 10.0. The second-order valence-electron chi connectivity index (χ2n) is 4.14. The Bertz CT molecular complexity index is 678. The summed E-state index contributed by atoms with van der Waals surface area (Å²) in [6.07, 6.45) is 0. The number of nitrogens with two attached hydrogens (primary N) is 1. The van der Waals surface area contributed by atoms with Gasteiger partial charge < -0.3 is 15.5 Å². The van der Waals surface area contributed by atoms with E-state index in [9.17, 15) is 14.5 Å². The predicted molar refractivity (Wildman–Crippen MR) is 77.1 cm³/mol. The first-order valence-corrected chi connectivity index (χ1v) is 5.90. The average molecular weight is 292 g/mol. The Morgan fingerprint density at radius 2 is 1.90 bits per heavy atom. The minimum atomic E-state index is -0.530. The summed E-state index contributed by atoms with van der Waals surface area (Å²) >= 11 is 0. The number of nitro benzene ring substituents is 1. The number of hydrogen-bond acceptors (Lipinski definition) is 6. The lowest BCUT2D eigenvalue weighted by Gasteiger charge is -2.10. The Morgan fingerprint density at radius 1 is 1.19 bits per heavy atom. The summed E-state index contributed by atoms with van der Waals surface area (Å²) < 4.78 is 18.2. The van der Waals surface area contributed by atoms with E-state index < -0.39 is 10.7 Å². The maximum Gasteiger partial charge on any atom is 0.273 e. The van der Waals surface area contributed by atoms with E-state index in [1.165, 1.54) is 37.4 Å². The van der Waals surface area contributed by atoms with Crippen LogP contribution in [0.4, 0.5) is 27.1 Å². The van der Waals surface area contributed by atoms with Crippen molar-refractivity contribution in [1.29, 1.82) is 0 Å². The fourth-order valence-electron chi connectivity index (χ4n) is 1.78. The zero-order valence-electron chi connectivity index (χ0n) is 11.1. The third-order valence-electron chi connectivity index (χ3n) is 2.74. The van der Waals surface area contributed by atoms with E-state index in [1.807, 2.05) is 0 Å². The first-order valence-electron chi connectivity index (χ1n) is 5.90. The van der Waals surface area contributed by atoms with Crippen LogP contribution in [0.15, 0.2) is 36.4 Å².